The summed E-state index contributed by atoms with van der Waals surface area (Å²) in [5.41, 5.74) is 1.54. The molecule has 9 heteroatoms. The number of halogens is 2. The Morgan fingerprint density at radius 1 is 0.971 bits per heavy atom. The minimum Gasteiger partial charge on any atom is -0.381 e. The first-order chi connectivity index (χ1) is 16.7. The lowest BCUT2D eigenvalue weighted by Crippen LogP contribution is -2.38. The van der Waals surface area contributed by atoms with Gasteiger partial charge in [0, 0.05) is 55.4 Å². The van der Waals surface area contributed by atoms with E-state index in [9.17, 15) is 0 Å². The van der Waals surface area contributed by atoms with E-state index in [4.69, 9.17) is 28.1 Å². The summed E-state index contributed by atoms with van der Waals surface area (Å²) in [5.74, 6) is 2.00. The average molecular weight is 505 g/mol. The molecule has 1 N–H and O–H groups in total. The van der Waals surface area contributed by atoms with Gasteiger partial charge in [-0.25, -0.2) is 9.97 Å². The maximum atomic E-state index is 6.50. The van der Waals surface area contributed by atoms with Crippen molar-refractivity contribution in [3.63, 3.8) is 0 Å². The highest BCUT2D eigenvalue weighted by Crippen LogP contribution is 2.31. The number of likely N-dealkylation sites (tertiary alicyclic amines) is 1. The molecule has 3 fully saturated rings. The fourth-order valence-electron chi connectivity index (χ4n) is 5.45. The summed E-state index contributed by atoms with van der Waals surface area (Å²) in [5, 5.41) is 4.19. The van der Waals surface area contributed by atoms with Crippen LogP contribution in [0.15, 0.2) is 24.7 Å². The Hall–Kier alpha value is -1.67. The van der Waals surface area contributed by atoms with Gasteiger partial charge in [0.15, 0.2) is 5.82 Å². The molecule has 5 rings (SSSR count). The van der Waals surface area contributed by atoms with E-state index in [0.29, 0.717) is 28.5 Å². The van der Waals surface area contributed by atoms with E-state index in [0.717, 1.165) is 50.0 Å². The van der Waals surface area contributed by atoms with Crippen molar-refractivity contribution < 1.29 is 4.74 Å². The standard InChI is InChI=1S/C25H34Cl2N6O/c26-22-14-29-24(31-19-3-5-20(6-4-19)32-9-1-2-10-32)13-21(22)23-15-30-25(16-28-23)33(27)17-18-7-11-34-12-8-18/h13-16,18-20H,1-12,17H2,(H,29,31). The molecule has 2 aromatic heterocycles. The van der Waals surface area contributed by atoms with Gasteiger partial charge in [-0.05, 0) is 76.4 Å². The largest absolute Gasteiger partial charge is 0.381 e. The van der Waals surface area contributed by atoms with Gasteiger partial charge in [-0.15, -0.1) is 0 Å². The SMILES string of the molecule is Clc1cnc(NC2CCC(N3CCCC3)CC2)cc1-c1cnc(N(Cl)CC2CCOCC2)cn1. The molecule has 0 atom stereocenters. The number of nitrogens with one attached hydrogen (secondary N) is 1. The van der Waals surface area contributed by atoms with E-state index in [1.165, 1.54) is 51.6 Å². The third kappa shape index (κ3) is 5.93. The molecule has 0 unspecified atom stereocenters. The van der Waals surface area contributed by atoms with Crippen LogP contribution >= 0.6 is 23.4 Å². The first-order valence-electron chi connectivity index (χ1n) is 12.7. The van der Waals surface area contributed by atoms with Gasteiger partial charge in [-0.2, -0.15) is 0 Å². The van der Waals surface area contributed by atoms with E-state index in [1.807, 2.05) is 6.07 Å². The molecule has 1 aliphatic carbocycles. The molecular weight excluding hydrogens is 471 g/mol. The monoisotopic (exact) mass is 504 g/mol. The van der Waals surface area contributed by atoms with Crippen molar-refractivity contribution in [2.45, 2.75) is 63.5 Å². The number of anilines is 2. The smallest absolute Gasteiger partial charge is 0.161 e. The Bertz CT molecular complexity index is 926. The molecule has 1 saturated carbocycles. The highest BCUT2D eigenvalue weighted by Gasteiger charge is 2.27. The second kappa shape index (κ2) is 11.4. The van der Waals surface area contributed by atoms with Gasteiger partial charge < -0.3 is 15.0 Å². The summed E-state index contributed by atoms with van der Waals surface area (Å²) >= 11 is 13.0. The summed E-state index contributed by atoms with van der Waals surface area (Å²) in [6.45, 7) is 4.90. The van der Waals surface area contributed by atoms with Crippen molar-refractivity contribution in [1.29, 1.82) is 0 Å². The van der Waals surface area contributed by atoms with Crippen molar-refractivity contribution in [2.24, 2.45) is 5.92 Å². The van der Waals surface area contributed by atoms with E-state index < -0.39 is 0 Å². The maximum absolute atomic E-state index is 6.50. The van der Waals surface area contributed by atoms with E-state index in [1.54, 1.807) is 23.0 Å². The molecule has 0 aromatic carbocycles. The Morgan fingerprint density at radius 3 is 2.44 bits per heavy atom. The number of aromatic nitrogens is 3. The summed E-state index contributed by atoms with van der Waals surface area (Å²) in [4.78, 5) is 16.4. The Kier molecular flexibility index (Phi) is 8.05. The zero-order valence-electron chi connectivity index (χ0n) is 19.6. The summed E-state index contributed by atoms with van der Waals surface area (Å²) in [6.07, 6.45) is 14.8. The molecule has 0 spiro atoms. The van der Waals surface area contributed by atoms with Gasteiger partial charge in [0.2, 0.25) is 0 Å². The fourth-order valence-corrected chi connectivity index (χ4v) is 5.93. The van der Waals surface area contributed by atoms with Crippen LogP contribution in [0, 0.1) is 5.92 Å². The van der Waals surface area contributed by atoms with Crippen LogP contribution in [0.1, 0.15) is 51.4 Å². The highest BCUT2D eigenvalue weighted by atomic mass is 35.5. The van der Waals surface area contributed by atoms with Crippen LogP contribution in [0.2, 0.25) is 5.02 Å². The van der Waals surface area contributed by atoms with Crippen molar-refractivity contribution in [3.8, 4) is 11.3 Å². The van der Waals surface area contributed by atoms with Gasteiger partial charge in [0.1, 0.15) is 5.82 Å². The van der Waals surface area contributed by atoms with Crippen LogP contribution in [0.4, 0.5) is 11.6 Å². The minimum atomic E-state index is 0.448. The predicted molar refractivity (Wildman–Crippen MR) is 137 cm³/mol. The third-order valence-electron chi connectivity index (χ3n) is 7.48. The second-order valence-corrected chi connectivity index (χ2v) is 10.6. The van der Waals surface area contributed by atoms with Crippen LogP contribution < -0.4 is 9.74 Å². The number of rotatable bonds is 7. The highest BCUT2D eigenvalue weighted by molar-refractivity contribution is 6.33. The Morgan fingerprint density at radius 2 is 1.74 bits per heavy atom. The normalized spacial score (nSPS) is 24.3. The molecule has 0 radical (unpaired) electrons. The molecule has 2 aromatic rings. The molecule has 7 nitrogen and oxygen atoms in total. The molecule has 2 aliphatic heterocycles. The number of hydrogen-bond acceptors (Lipinski definition) is 7. The summed E-state index contributed by atoms with van der Waals surface area (Å²) in [6, 6.07) is 3.19. The van der Waals surface area contributed by atoms with Crippen molar-refractivity contribution in [2.75, 3.05) is 42.6 Å². The van der Waals surface area contributed by atoms with Crippen molar-refractivity contribution >= 4 is 35.0 Å². The lowest BCUT2D eigenvalue weighted by atomic mass is 9.90. The quantitative estimate of drug-likeness (QED) is 0.506. The molecule has 34 heavy (non-hydrogen) atoms. The zero-order chi connectivity index (χ0) is 23.3. The van der Waals surface area contributed by atoms with Gasteiger partial charge in [-0.3, -0.25) is 9.40 Å². The maximum Gasteiger partial charge on any atom is 0.161 e. The molecule has 2 saturated heterocycles. The van der Waals surface area contributed by atoms with Crippen LogP contribution in [0.3, 0.4) is 0 Å². The molecule has 3 aliphatic rings. The first kappa shape index (κ1) is 24.0. The average Bonchev–Trinajstić information content (AvgIpc) is 3.42. The number of pyridine rings is 1. The summed E-state index contributed by atoms with van der Waals surface area (Å²) < 4.78 is 7.09. The second-order valence-electron chi connectivity index (χ2n) is 9.80. The van der Waals surface area contributed by atoms with E-state index in [2.05, 4.69) is 25.2 Å². The van der Waals surface area contributed by atoms with Crippen LogP contribution in [0.5, 0.6) is 0 Å². The van der Waals surface area contributed by atoms with Gasteiger partial charge in [-0.1, -0.05) is 11.6 Å². The fraction of sp³-hybridized carbons (Fsp3) is 0.640. The Labute approximate surface area is 212 Å². The van der Waals surface area contributed by atoms with Gasteiger partial charge in [0.05, 0.1) is 23.1 Å². The van der Waals surface area contributed by atoms with E-state index >= 15 is 0 Å². The van der Waals surface area contributed by atoms with Crippen LogP contribution in [-0.4, -0.2) is 64.8 Å². The molecular formula is C25H34Cl2N6O. The lowest BCUT2D eigenvalue weighted by Gasteiger charge is -2.35. The number of hydrogen-bond donors (Lipinski definition) is 1. The molecule has 4 heterocycles. The molecule has 0 amide bonds. The predicted octanol–water partition coefficient (Wildman–Crippen LogP) is 5.40. The van der Waals surface area contributed by atoms with Crippen LogP contribution in [-0.2, 0) is 4.74 Å². The summed E-state index contributed by atoms with van der Waals surface area (Å²) in [7, 11) is 0. The first-order valence-corrected chi connectivity index (χ1v) is 13.4. The lowest BCUT2D eigenvalue weighted by molar-refractivity contribution is 0.0691. The van der Waals surface area contributed by atoms with Crippen molar-refractivity contribution in [1.82, 2.24) is 19.9 Å². The Balaban J connectivity index is 1.19. The van der Waals surface area contributed by atoms with Gasteiger partial charge >= 0.3 is 0 Å². The molecule has 184 valence electrons. The number of ether oxygens (including phenoxy) is 1. The zero-order valence-corrected chi connectivity index (χ0v) is 21.1. The van der Waals surface area contributed by atoms with Crippen LogP contribution in [0.25, 0.3) is 11.3 Å². The molecule has 0 bridgehead atoms. The van der Waals surface area contributed by atoms with E-state index in [-0.39, 0.29) is 0 Å². The number of nitrogens with zero attached hydrogens (tertiary/aromatic N) is 5. The third-order valence-corrected chi connectivity index (χ3v) is 8.10. The minimum absolute atomic E-state index is 0.448. The van der Waals surface area contributed by atoms with Crippen molar-refractivity contribution in [3.05, 3.63) is 29.7 Å². The topological polar surface area (TPSA) is 66.4 Å². The van der Waals surface area contributed by atoms with Gasteiger partial charge in [0.25, 0.3) is 0 Å².